The van der Waals surface area contributed by atoms with E-state index in [1.165, 1.54) is 36.0 Å². The molecule has 0 unspecified atom stereocenters. The zero-order valence-electron chi connectivity index (χ0n) is 13.1. The fraction of sp³-hybridized carbons (Fsp3) is 0.611. The van der Waals surface area contributed by atoms with E-state index in [9.17, 15) is 4.79 Å². The second-order valence-electron chi connectivity index (χ2n) is 6.35. The Balaban J connectivity index is 2.05. The summed E-state index contributed by atoms with van der Waals surface area (Å²) in [5, 5.41) is 3.44. The van der Waals surface area contributed by atoms with Crippen molar-refractivity contribution >= 4 is 5.78 Å². The van der Waals surface area contributed by atoms with Crippen molar-refractivity contribution in [2.24, 2.45) is 0 Å². The van der Waals surface area contributed by atoms with Crippen molar-refractivity contribution in [2.45, 2.75) is 64.3 Å². The van der Waals surface area contributed by atoms with Crippen LogP contribution in [0, 0.1) is 13.8 Å². The van der Waals surface area contributed by atoms with Crippen LogP contribution in [-0.4, -0.2) is 18.4 Å². The minimum absolute atomic E-state index is 0.0614. The molecular formula is C18H27NO. The van der Waals surface area contributed by atoms with Crippen LogP contribution in [0.3, 0.4) is 0 Å². The van der Waals surface area contributed by atoms with Gasteiger partial charge in [0.1, 0.15) is 5.78 Å². The standard InChI is InChI=1S/C18H27NO/c1-14-8-7-9-15(2)17(14)12-16(20)13-18(19-3)10-5-4-6-11-18/h7-9,19H,4-6,10-13H2,1-3H3. The summed E-state index contributed by atoms with van der Waals surface area (Å²) in [4.78, 5) is 12.5. The smallest absolute Gasteiger partial charge is 0.139 e. The molecule has 1 aliphatic carbocycles. The maximum Gasteiger partial charge on any atom is 0.139 e. The van der Waals surface area contributed by atoms with E-state index < -0.39 is 0 Å². The summed E-state index contributed by atoms with van der Waals surface area (Å²) in [7, 11) is 2.01. The van der Waals surface area contributed by atoms with Gasteiger partial charge in [0.15, 0.2) is 0 Å². The van der Waals surface area contributed by atoms with E-state index in [1.54, 1.807) is 0 Å². The lowest BCUT2D eigenvalue weighted by molar-refractivity contribution is -0.120. The summed E-state index contributed by atoms with van der Waals surface area (Å²) in [6.45, 7) is 4.20. The van der Waals surface area contributed by atoms with Crippen LogP contribution < -0.4 is 5.32 Å². The summed E-state index contributed by atoms with van der Waals surface area (Å²) < 4.78 is 0. The zero-order valence-corrected chi connectivity index (χ0v) is 13.1. The van der Waals surface area contributed by atoms with Crippen molar-refractivity contribution in [1.82, 2.24) is 5.32 Å². The molecule has 0 bridgehead atoms. The SMILES string of the molecule is CNC1(CC(=O)Cc2c(C)cccc2C)CCCCC1. The molecule has 1 aromatic carbocycles. The highest BCUT2D eigenvalue weighted by Gasteiger charge is 2.32. The number of carbonyl (C=O) groups excluding carboxylic acids is 1. The van der Waals surface area contributed by atoms with Crippen LogP contribution in [0.4, 0.5) is 0 Å². The van der Waals surface area contributed by atoms with Gasteiger partial charge in [0.2, 0.25) is 0 Å². The lowest BCUT2D eigenvalue weighted by atomic mass is 9.77. The molecule has 0 aromatic heterocycles. The third kappa shape index (κ3) is 3.49. The number of benzene rings is 1. The molecule has 0 atom stereocenters. The van der Waals surface area contributed by atoms with Crippen molar-refractivity contribution in [1.29, 1.82) is 0 Å². The molecule has 2 heteroatoms. The van der Waals surface area contributed by atoms with Gasteiger partial charge in [0.25, 0.3) is 0 Å². The fourth-order valence-electron chi connectivity index (χ4n) is 3.51. The molecule has 0 spiro atoms. The molecule has 0 amide bonds. The molecule has 110 valence electrons. The number of hydrogen-bond acceptors (Lipinski definition) is 2. The molecule has 1 aromatic rings. The van der Waals surface area contributed by atoms with E-state index in [-0.39, 0.29) is 5.54 Å². The molecule has 20 heavy (non-hydrogen) atoms. The maximum absolute atomic E-state index is 12.5. The molecule has 1 fully saturated rings. The summed E-state index contributed by atoms with van der Waals surface area (Å²) in [5.74, 6) is 0.374. The van der Waals surface area contributed by atoms with E-state index in [0.29, 0.717) is 18.6 Å². The highest BCUT2D eigenvalue weighted by molar-refractivity contribution is 5.82. The first-order valence-corrected chi connectivity index (χ1v) is 7.82. The number of Topliss-reactive ketones (excluding diaryl/α,β-unsaturated/α-hetero) is 1. The van der Waals surface area contributed by atoms with E-state index in [1.807, 2.05) is 7.05 Å². The summed E-state index contributed by atoms with van der Waals surface area (Å²) in [6.07, 6.45) is 7.35. The predicted molar refractivity (Wildman–Crippen MR) is 84.1 cm³/mol. The topological polar surface area (TPSA) is 29.1 Å². The minimum Gasteiger partial charge on any atom is -0.314 e. The predicted octanol–water partition coefficient (Wildman–Crippen LogP) is 3.73. The molecule has 1 N–H and O–H groups in total. The van der Waals surface area contributed by atoms with E-state index in [4.69, 9.17) is 0 Å². The van der Waals surface area contributed by atoms with Gasteiger partial charge in [-0.05, 0) is 50.4 Å². The first-order valence-electron chi connectivity index (χ1n) is 7.82. The highest BCUT2D eigenvalue weighted by atomic mass is 16.1. The lowest BCUT2D eigenvalue weighted by Crippen LogP contribution is -2.46. The molecule has 0 heterocycles. The van der Waals surface area contributed by atoms with Crippen LogP contribution >= 0.6 is 0 Å². The van der Waals surface area contributed by atoms with E-state index in [0.717, 1.165) is 12.8 Å². The summed E-state index contributed by atoms with van der Waals surface area (Å²) in [5.41, 5.74) is 3.76. The van der Waals surface area contributed by atoms with Crippen LogP contribution in [0.2, 0.25) is 0 Å². The van der Waals surface area contributed by atoms with Crippen LogP contribution in [0.5, 0.6) is 0 Å². The third-order valence-electron chi connectivity index (χ3n) is 4.89. The first-order chi connectivity index (χ1) is 9.56. The molecule has 1 aliphatic rings. The number of hydrogen-bond donors (Lipinski definition) is 1. The Kier molecular flexibility index (Phi) is 4.98. The number of ketones is 1. The molecule has 1 saturated carbocycles. The van der Waals surface area contributed by atoms with Gasteiger partial charge in [-0.1, -0.05) is 37.5 Å². The molecule has 2 nitrogen and oxygen atoms in total. The van der Waals surface area contributed by atoms with Crippen molar-refractivity contribution < 1.29 is 4.79 Å². The molecule has 0 aliphatic heterocycles. The van der Waals surface area contributed by atoms with Crippen molar-refractivity contribution in [3.63, 3.8) is 0 Å². The second-order valence-corrected chi connectivity index (χ2v) is 6.35. The Hall–Kier alpha value is -1.15. The number of aryl methyl sites for hydroxylation is 2. The first kappa shape index (κ1) is 15.2. The largest absolute Gasteiger partial charge is 0.314 e. The fourth-order valence-corrected chi connectivity index (χ4v) is 3.51. The van der Waals surface area contributed by atoms with Gasteiger partial charge in [0.05, 0.1) is 0 Å². The molecule has 0 saturated heterocycles. The number of carbonyl (C=O) groups is 1. The van der Waals surface area contributed by atoms with Crippen LogP contribution in [0.25, 0.3) is 0 Å². The monoisotopic (exact) mass is 273 g/mol. The quantitative estimate of drug-likeness (QED) is 0.885. The number of rotatable bonds is 5. The van der Waals surface area contributed by atoms with Crippen molar-refractivity contribution in [3.05, 3.63) is 34.9 Å². The molecule has 0 radical (unpaired) electrons. The van der Waals surface area contributed by atoms with Gasteiger partial charge < -0.3 is 5.32 Å². The van der Waals surface area contributed by atoms with Crippen molar-refractivity contribution in [3.8, 4) is 0 Å². The average molecular weight is 273 g/mol. The Morgan fingerprint density at radius 2 is 1.75 bits per heavy atom. The maximum atomic E-state index is 12.5. The van der Waals surface area contributed by atoms with Crippen LogP contribution in [-0.2, 0) is 11.2 Å². The van der Waals surface area contributed by atoms with Crippen molar-refractivity contribution in [2.75, 3.05) is 7.05 Å². The Morgan fingerprint density at radius 1 is 1.15 bits per heavy atom. The van der Waals surface area contributed by atoms with Gasteiger partial charge in [-0.2, -0.15) is 0 Å². The third-order valence-corrected chi connectivity index (χ3v) is 4.89. The molecule has 2 rings (SSSR count). The Bertz CT molecular complexity index is 452. The van der Waals surface area contributed by atoms with Crippen LogP contribution in [0.1, 0.15) is 55.2 Å². The second kappa shape index (κ2) is 6.53. The van der Waals surface area contributed by atoms with Gasteiger partial charge in [-0.25, -0.2) is 0 Å². The van der Waals surface area contributed by atoms with Gasteiger partial charge in [-0.15, -0.1) is 0 Å². The normalized spacial score (nSPS) is 17.9. The van der Waals surface area contributed by atoms with Gasteiger partial charge in [0, 0.05) is 18.4 Å². The summed E-state index contributed by atoms with van der Waals surface area (Å²) in [6, 6.07) is 6.27. The molecular weight excluding hydrogens is 246 g/mol. The van der Waals surface area contributed by atoms with Gasteiger partial charge in [-0.3, -0.25) is 4.79 Å². The number of nitrogens with one attached hydrogen (secondary N) is 1. The minimum atomic E-state index is 0.0614. The summed E-state index contributed by atoms with van der Waals surface area (Å²) >= 11 is 0. The Labute approximate surface area is 123 Å². The van der Waals surface area contributed by atoms with E-state index >= 15 is 0 Å². The van der Waals surface area contributed by atoms with Crippen LogP contribution in [0.15, 0.2) is 18.2 Å². The Morgan fingerprint density at radius 3 is 2.30 bits per heavy atom. The zero-order chi connectivity index (χ0) is 14.6. The average Bonchev–Trinajstić information content (AvgIpc) is 2.44. The van der Waals surface area contributed by atoms with Gasteiger partial charge >= 0.3 is 0 Å². The van der Waals surface area contributed by atoms with E-state index in [2.05, 4.69) is 37.4 Å². The lowest BCUT2D eigenvalue weighted by Gasteiger charge is -2.36. The highest BCUT2D eigenvalue weighted by Crippen LogP contribution is 2.31.